The first-order chi connectivity index (χ1) is 8.61. The summed E-state index contributed by atoms with van der Waals surface area (Å²) in [6, 6.07) is 10.0. The highest BCUT2D eigenvalue weighted by Crippen LogP contribution is 2.40. The summed E-state index contributed by atoms with van der Waals surface area (Å²) in [5.41, 5.74) is 1.75. The van der Waals surface area contributed by atoms with Crippen LogP contribution in [-0.4, -0.2) is 23.8 Å². The van der Waals surface area contributed by atoms with Crippen molar-refractivity contribution in [1.29, 1.82) is 5.26 Å². The first kappa shape index (κ1) is 12.9. The number of rotatable bonds is 3. The first-order valence-electron chi connectivity index (χ1n) is 6.49. The average Bonchev–Trinajstić information content (AvgIpc) is 2.65. The minimum atomic E-state index is -0.00428. The van der Waals surface area contributed by atoms with E-state index in [1.807, 2.05) is 24.3 Å². The Morgan fingerprint density at radius 3 is 2.83 bits per heavy atom. The first-order valence-corrected chi connectivity index (χ1v) is 6.49. The van der Waals surface area contributed by atoms with Crippen LogP contribution in [0.15, 0.2) is 24.3 Å². The summed E-state index contributed by atoms with van der Waals surface area (Å²) in [7, 11) is 0. The smallest absolute Gasteiger partial charge is 0.101 e. The van der Waals surface area contributed by atoms with E-state index >= 15 is 0 Å². The maximum atomic E-state index is 9.20. The molecule has 3 nitrogen and oxygen atoms in total. The van der Waals surface area contributed by atoms with Gasteiger partial charge < -0.3 is 10.0 Å². The van der Waals surface area contributed by atoms with Crippen LogP contribution in [0.25, 0.3) is 0 Å². The fourth-order valence-corrected chi connectivity index (χ4v) is 3.03. The van der Waals surface area contributed by atoms with Gasteiger partial charge in [-0.05, 0) is 44.7 Å². The minimum absolute atomic E-state index is 0.00428. The van der Waals surface area contributed by atoms with Crippen LogP contribution in [0.2, 0.25) is 0 Å². The Bertz CT molecular complexity index is 462. The second kappa shape index (κ2) is 4.99. The van der Waals surface area contributed by atoms with Crippen molar-refractivity contribution in [3.05, 3.63) is 29.8 Å². The SMILES string of the molecule is CC1(C)C(CCO)CCN1c1ccccc1C#N. The third-order valence-electron chi connectivity index (χ3n) is 4.19. The van der Waals surface area contributed by atoms with Crippen LogP contribution in [0.4, 0.5) is 5.69 Å². The summed E-state index contributed by atoms with van der Waals surface area (Å²) < 4.78 is 0. The van der Waals surface area contributed by atoms with Gasteiger partial charge in [0.15, 0.2) is 0 Å². The number of aliphatic hydroxyl groups is 1. The van der Waals surface area contributed by atoms with Gasteiger partial charge in [-0.3, -0.25) is 0 Å². The highest BCUT2D eigenvalue weighted by atomic mass is 16.3. The van der Waals surface area contributed by atoms with E-state index in [2.05, 4.69) is 24.8 Å². The molecule has 1 aromatic carbocycles. The normalized spacial score (nSPS) is 21.9. The van der Waals surface area contributed by atoms with E-state index in [1.54, 1.807) is 0 Å². The predicted molar refractivity (Wildman–Crippen MR) is 72.4 cm³/mol. The monoisotopic (exact) mass is 244 g/mol. The summed E-state index contributed by atoms with van der Waals surface area (Å²) in [5.74, 6) is 0.481. The lowest BCUT2D eigenvalue weighted by molar-refractivity contribution is 0.229. The van der Waals surface area contributed by atoms with Crippen molar-refractivity contribution in [2.75, 3.05) is 18.1 Å². The van der Waals surface area contributed by atoms with Crippen molar-refractivity contribution in [3.63, 3.8) is 0 Å². The largest absolute Gasteiger partial charge is 0.396 e. The van der Waals surface area contributed by atoms with E-state index in [4.69, 9.17) is 5.11 Å². The van der Waals surface area contributed by atoms with Crippen molar-refractivity contribution < 1.29 is 5.11 Å². The fourth-order valence-electron chi connectivity index (χ4n) is 3.03. The van der Waals surface area contributed by atoms with Gasteiger partial charge in [0, 0.05) is 18.7 Å². The second-order valence-electron chi connectivity index (χ2n) is 5.43. The molecule has 0 saturated carbocycles. The molecule has 1 atom stereocenters. The highest BCUT2D eigenvalue weighted by molar-refractivity contribution is 5.61. The summed E-state index contributed by atoms with van der Waals surface area (Å²) in [6.45, 7) is 5.60. The van der Waals surface area contributed by atoms with Gasteiger partial charge in [-0.25, -0.2) is 0 Å². The van der Waals surface area contributed by atoms with Crippen LogP contribution in [0.5, 0.6) is 0 Å². The standard InChI is InChI=1S/C15H20N2O/c1-15(2)13(8-10-18)7-9-17(15)14-6-4-3-5-12(14)11-16/h3-6,13,18H,7-10H2,1-2H3. The third kappa shape index (κ3) is 2.09. The quantitative estimate of drug-likeness (QED) is 0.888. The molecule has 0 radical (unpaired) electrons. The summed E-state index contributed by atoms with van der Waals surface area (Å²) >= 11 is 0. The van der Waals surface area contributed by atoms with Crippen molar-refractivity contribution in [3.8, 4) is 6.07 Å². The molecule has 18 heavy (non-hydrogen) atoms. The summed E-state index contributed by atoms with van der Waals surface area (Å²) in [5, 5.41) is 18.3. The van der Waals surface area contributed by atoms with E-state index in [0.29, 0.717) is 5.92 Å². The van der Waals surface area contributed by atoms with Crippen LogP contribution in [0.3, 0.4) is 0 Å². The van der Waals surface area contributed by atoms with Gasteiger partial charge in [0.2, 0.25) is 0 Å². The molecule has 0 spiro atoms. The maximum Gasteiger partial charge on any atom is 0.101 e. The molecular weight excluding hydrogens is 224 g/mol. The van der Waals surface area contributed by atoms with E-state index in [-0.39, 0.29) is 12.1 Å². The molecular formula is C15H20N2O. The molecule has 1 aliphatic rings. The zero-order chi connectivity index (χ0) is 13.2. The van der Waals surface area contributed by atoms with Gasteiger partial charge in [-0.2, -0.15) is 5.26 Å². The van der Waals surface area contributed by atoms with Crippen molar-refractivity contribution >= 4 is 5.69 Å². The molecule has 1 N–H and O–H groups in total. The van der Waals surface area contributed by atoms with Crippen LogP contribution < -0.4 is 4.90 Å². The Hall–Kier alpha value is -1.53. The zero-order valence-corrected chi connectivity index (χ0v) is 11.1. The van der Waals surface area contributed by atoms with E-state index < -0.39 is 0 Å². The highest BCUT2D eigenvalue weighted by Gasteiger charge is 2.41. The zero-order valence-electron chi connectivity index (χ0n) is 11.1. The van der Waals surface area contributed by atoms with Gasteiger partial charge in [-0.1, -0.05) is 12.1 Å². The molecule has 1 aliphatic heterocycles. The molecule has 0 aromatic heterocycles. The van der Waals surface area contributed by atoms with Crippen molar-refractivity contribution in [1.82, 2.24) is 0 Å². The third-order valence-corrected chi connectivity index (χ3v) is 4.19. The van der Waals surface area contributed by atoms with Gasteiger partial charge in [0.25, 0.3) is 0 Å². The predicted octanol–water partition coefficient (Wildman–Crippen LogP) is 2.55. The number of nitrogens with zero attached hydrogens (tertiary/aromatic N) is 2. The summed E-state index contributed by atoms with van der Waals surface area (Å²) in [6.07, 6.45) is 1.91. The van der Waals surface area contributed by atoms with Crippen molar-refractivity contribution in [2.45, 2.75) is 32.2 Å². The lowest BCUT2D eigenvalue weighted by Gasteiger charge is -2.38. The Morgan fingerprint density at radius 1 is 1.44 bits per heavy atom. The molecule has 1 aromatic rings. The van der Waals surface area contributed by atoms with Crippen LogP contribution in [-0.2, 0) is 0 Å². The molecule has 0 bridgehead atoms. The van der Waals surface area contributed by atoms with Crippen LogP contribution >= 0.6 is 0 Å². The Balaban J connectivity index is 2.33. The lowest BCUT2D eigenvalue weighted by Crippen LogP contribution is -2.43. The van der Waals surface area contributed by atoms with Gasteiger partial charge >= 0.3 is 0 Å². The maximum absolute atomic E-state index is 9.20. The number of hydrogen-bond acceptors (Lipinski definition) is 3. The molecule has 1 heterocycles. The molecule has 0 amide bonds. The lowest BCUT2D eigenvalue weighted by atomic mass is 9.86. The molecule has 3 heteroatoms. The molecule has 1 saturated heterocycles. The Morgan fingerprint density at radius 2 is 2.17 bits per heavy atom. The number of nitriles is 1. The Kier molecular flexibility index (Phi) is 3.58. The second-order valence-corrected chi connectivity index (χ2v) is 5.43. The molecule has 0 aliphatic carbocycles. The van der Waals surface area contributed by atoms with Crippen LogP contribution in [0, 0.1) is 17.2 Å². The molecule has 1 fully saturated rings. The van der Waals surface area contributed by atoms with Crippen molar-refractivity contribution in [2.24, 2.45) is 5.92 Å². The van der Waals surface area contributed by atoms with Gasteiger partial charge in [-0.15, -0.1) is 0 Å². The van der Waals surface area contributed by atoms with Gasteiger partial charge in [0.05, 0.1) is 11.3 Å². The molecule has 1 unspecified atom stereocenters. The average molecular weight is 244 g/mol. The minimum Gasteiger partial charge on any atom is -0.396 e. The number of benzene rings is 1. The number of aliphatic hydroxyl groups excluding tert-OH is 1. The van der Waals surface area contributed by atoms with Gasteiger partial charge in [0.1, 0.15) is 6.07 Å². The summed E-state index contributed by atoms with van der Waals surface area (Å²) in [4.78, 5) is 2.31. The topological polar surface area (TPSA) is 47.3 Å². The number of anilines is 1. The van der Waals surface area contributed by atoms with E-state index in [9.17, 15) is 5.26 Å². The van der Waals surface area contributed by atoms with E-state index in [1.165, 1.54) is 0 Å². The Labute approximate surface area is 109 Å². The molecule has 2 rings (SSSR count). The molecule has 96 valence electrons. The number of hydrogen-bond donors (Lipinski definition) is 1. The number of para-hydroxylation sites is 1. The van der Waals surface area contributed by atoms with E-state index in [0.717, 1.165) is 30.6 Å². The van der Waals surface area contributed by atoms with Crippen LogP contribution in [0.1, 0.15) is 32.3 Å². The fraction of sp³-hybridized carbons (Fsp3) is 0.533.